The van der Waals surface area contributed by atoms with E-state index in [0.717, 1.165) is 18.4 Å². The predicted octanol–water partition coefficient (Wildman–Crippen LogP) is 1.49. The Hall–Kier alpha value is -2.96. The number of hydrogen-bond acceptors (Lipinski definition) is 5. The lowest BCUT2D eigenvalue weighted by molar-refractivity contribution is 0.0951. The van der Waals surface area contributed by atoms with Crippen LogP contribution in [0.15, 0.2) is 30.6 Å². The summed E-state index contributed by atoms with van der Waals surface area (Å²) in [5, 5.41) is 2.96. The standard InChI is InChI=1S/C15H14N6O/c16-12-11-14(18-7-17-12)21-13(20-11)8-1-3-9(4-2-8)15(22)19-10-5-6-10/h1-4,7,10H,5-6H2,(H,19,22)(H3,16,17,18,20,21). The predicted molar refractivity (Wildman–Crippen MR) is 82.0 cm³/mol. The lowest BCUT2D eigenvalue weighted by Crippen LogP contribution is -2.25. The van der Waals surface area contributed by atoms with Crippen molar-refractivity contribution < 1.29 is 4.79 Å². The molecule has 1 aromatic carbocycles. The number of carbonyl (C=O) groups is 1. The molecule has 0 bridgehead atoms. The topological polar surface area (TPSA) is 110 Å². The Kier molecular flexibility index (Phi) is 2.78. The summed E-state index contributed by atoms with van der Waals surface area (Å²) in [6.07, 6.45) is 3.53. The minimum atomic E-state index is -0.0335. The molecule has 1 aliphatic carbocycles. The molecule has 110 valence electrons. The summed E-state index contributed by atoms with van der Waals surface area (Å²) in [6.45, 7) is 0. The van der Waals surface area contributed by atoms with E-state index in [4.69, 9.17) is 5.73 Å². The van der Waals surface area contributed by atoms with Crippen LogP contribution >= 0.6 is 0 Å². The van der Waals surface area contributed by atoms with Gasteiger partial charge < -0.3 is 16.0 Å². The van der Waals surface area contributed by atoms with Crippen LogP contribution in [-0.4, -0.2) is 31.9 Å². The van der Waals surface area contributed by atoms with E-state index < -0.39 is 0 Å². The molecule has 7 nitrogen and oxygen atoms in total. The third kappa shape index (κ3) is 2.26. The minimum Gasteiger partial charge on any atom is -0.382 e. The Morgan fingerprint density at radius 2 is 2.00 bits per heavy atom. The van der Waals surface area contributed by atoms with Gasteiger partial charge in [0, 0.05) is 17.2 Å². The normalized spacial score (nSPS) is 14.2. The molecule has 2 heterocycles. The van der Waals surface area contributed by atoms with Crippen LogP contribution in [0.25, 0.3) is 22.6 Å². The second-order valence-corrected chi connectivity index (χ2v) is 5.37. The molecule has 22 heavy (non-hydrogen) atoms. The molecule has 0 radical (unpaired) electrons. The summed E-state index contributed by atoms with van der Waals surface area (Å²) in [7, 11) is 0. The van der Waals surface area contributed by atoms with Gasteiger partial charge in [-0.25, -0.2) is 15.0 Å². The highest BCUT2D eigenvalue weighted by atomic mass is 16.1. The molecule has 0 saturated heterocycles. The van der Waals surface area contributed by atoms with Crippen LogP contribution in [0.4, 0.5) is 5.82 Å². The number of nitrogens with zero attached hydrogens (tertiary/aromatic N) is 3. The van der Waals surface area contributed by atoms with Crippen LogP contribution in [0, 0.1) is 0 Å². The number of benzene rings is 1. The summed E-state index contributed by atoms with van der Waals surface area (Å²) < 4.78 is 0. The lowest BCUT2D eigenvalue weighted by Gasteiger charge is -2.03. The Balaban J connectivity index is 1.63. The van der Waals surface area contributed by atoms with E-state index in [1.54, 1.807) is 12.1 Å². The van der Waals surface area contributed by atoms with Gasteiger partial charge in [-0.15, -0.1) is 0 Å². The Bertz CT molecular complexity index is 850. The van der Waals surface area contributed by atoms with Gasteiger partial charge in [0.25, 0.3) is 5.91 Å². The summed E-state index contributed by atoms with van der Waals surface area (Å²) in [4.78, 5) is 27.5. The highest BCUT2D eigenvalue weighted by molar-refractivity contribution is 5.95. The fraction of sp³-hybridized carbons (Fsp3) is 0.200. The van der Waals surface area contributed by atoms with Gasteiger partial charge in [-0.05, 0) is 25.0 Å². The smallest absolute Gasteiger partial charge is 0.251 e. The number of anilines is 1. The van der Waals surface area contributed by atoms with Crippen LogP contribution < -0.4 is 11.1 Å². The zero-order valence-electron chi connectivity index (χ0n) is 11.7. The minimum absolute atomic E-state index is 0.0335. The first-order valence-electron chi connectivity index (χ1n) is 7.08. The van der Waals surface area contributed by atoms with Gasteiger partial charge in [0.15, 0.2) is 11.5 Å². The van der Waals surface area contributed by atoms with Gasteiger partial charge >= 0.3 is 0 Å². The van der Waals surface area contributed by atoms with Crippen molar-refractivity contribution in [3.05, 3.63) is 36.2 Å². The average Bonchev–Trinajstić information content (AvgIpc) is 3.23. The number of nitrogens with two attached hydrogens (primary N) is 1. The van der Waals surface area contributed by atoms with Gasteiger partial charge in [-0.2, -0.15) is 0 Å². The molecule has 1 fully saturated rings. The van der Waals surface area contributed by atoms with Gasteiger partial charge in [0.1, 0.15) is 17.7 Å². The number of fused-ring (bicyclic) bond motifs is 1. The number of aromatic nitrogens is 4. The maximum atomic E-state index is 12.0. The lowest BCUT2D eigenvalue weighted by atomic mass is 10.1. The van der Waals surface area contributed by atoms with E-state index in [9.17, 15) is 4.79 Å². The van der Waals surface area contributed by atoms with E-state index in [-0.39, 0.29) is 5.91 Å². The third-order valence-corrected chi connectivity index (χ3v) is 3.65. The second kappa shape index (κ2) is 4.80. The number of hydrogen-bond donors (Lipinski definition) is 3. The van der Waals surface area contributed by atoms with E-state index in [1.807, 2.05) is 12.1 Å². The number of nitrogen functional groups attached to an aromatic ring is 1. The van der Waals surface area contributed by atoms with E-state index in [2.05, 4.69) is 25.3 Å². The molecule has 1 amide bonds. The van der Waals surface area contributed by atoms with E-state index in [0.29, 0.717) is 34.4 Å². The number of rotatable bonds is 3. The van der Waals surface area contributed by atoms with Crippen molar-refractivity contribution >= 4 is 22.9 Å². The molecular formula is C15H14N6O. The molecule has 3 aromatic rings. The van der Waals surface area contributed by atoms with Crippen LogP contribution in [-0.2, 0) is 0 Å². The van der Waals surface area contributed by atoms with Gasteiger partial charge in [-0.1, -0.05) is 12.1 Å². The molecule has 1 aliphatic rings. The molecule has 0 atom stereocenters. The first kappa shape index (κ1) is 12.8. The summed E-state index contributed by atoms with van der Waals surface area (Å²) in [5.41, 5.74) is 8.44. The fourth-order valence-electron chi connectivity index (χ4n) is 2.26. The monoisotopic (exact) mass is 294 g/mol. The van der Waals surface area contributed by atoms with Crippen LogP contribution in [0.2, 0.25) is 0 Å². The van der Waals surface area contributed by atoms with Crippen molar-refractivity contribution in [2.45, 2.75) is 18.9 Å². The van der Waals surface area contributed by atoms with Crippen molar-refractivity contribution in [3.63, 3.8) is 0 Å². The maximum Gasteiger partial charge on any atom is 0.251 e. The third-order valence-electron chi connectivity index (χ3n) is 3.65. The first-order chi connectivity index (χ1) is 10.7. The quantitative estimate of drug-likeness (QED) is 0.678. The van der Waals surface area contributed by atoms with Gasteiger partial charge in [0.05, 0.1) is 0 Å². The molecule has 4 N–H and O–H groups in total. The number of aromatic amines is 1. The maximum absolute atomic E-state index is 12.0. The highest BCUT2D eigenvalue weighted by Crippen LogP contribution is 2.23. The molecule has 7 heteroatoms. The summed E-state index contributed by atoms with van der Waals surface area (Å²) >= 11 is 0. The Morgan fingerprint density at radius 3 is 2.68 bits per heavy atom. The zero-order valence-corrected chi connectivity index (χ0v) is 11.7. The number of carbonyl (C=O) groups excluding carboxylic acids is 1. The van der Waals surface area contributed by atoms with E-state index >= 15 is 0 Å². The molecule has 1 saturated carbocycles. The number of amides is 1. The van der Waals surface area contributed by atoms with Crippen molar-refractivity contribution in [2.75, 3.05) is 5.73 Å². The Morgan fingerprint density at radius 1 is 1.23 bits per heavy atom. The first-order valence-corrected chi connectivity index (χ1v) is 7.08. The number of nitrogens with one attached hydrogen (secondary N) is 2. The zero-order chi connectivity index (χ0) is 15.1. The van der Waals surface area contributed by atoms with Crippen molar-refractivity contribution in [1.82, 2.24) is 25.3 Å². The van der Waals surface area contributed by atoms with Crippen molar-refractivity contribution in [2.24, 2.45) is 0 Å². The second-order valence-electron chi connectivity index (χ2n) is 5.37. The van der Waals surface area contributed by atoms with Gasteiger partial charge in [0.2, 0.25) is 0 Å². The average molecular weight is 294 g/mol. The SMILES string of the molecule is Nc1ncnc2nc(-c3ccc(C(=O)NC4CC4)cc3)[nH]c12. The molecule has 0 aliphatic heterocycles. The van der Waals surface area contributed by atoms with Crippen molar-refractivity contribution in [3.8, 4) is 11.4 Å². The summed E-state index contributed by atoms with van der Waals surface area (Å²) in [6, 6.07) is 7.63. The largest absolute Gasteiger partial charge is 0.382 e. The summed E-state index contributed by atoms with van der Waals surface area (Å²) in [5.74, 6) is 0.981. The molecule has 0 spiro atoms. The van der Waals surface area contributed by atoms with Crippen LogP contribution in [0.3, 0.4) is 0 Å². The molecule has 2 aromatic heterocycles. The molecular weight excluding hydrogens is 280 g/mol. The van der Waals surface area contributed by atoms with Crippen LogP contribution in [0.5, 0.6) is 0 Å². The van der Waals surface area contributed by atoms with Crippen molar-refractivity contribution in [1.29, 1.82) is 0 Å². The Labute approximate surface area is 126 Å². The highest BCUT2D eigenvalue weighted by Gasteiger charge is 2.23. The van der Waals surface area contributed by atoms with Crippen LogP contribution in [0.1, 0.15) is 23.2 Å². The van der Waals surface area contributed by atoms with E-state index in [1.165, 1.54) is 6.33 Å². The number of imidazole rings is 1. The molecule has 4 rings (SSSR count). The fourth-order valence-corrected chi connectivity index (χ4v) is 2.26. The number of H-pyrrole nitrogens is 1. The molecule has 0 unspecified atom stereocenters. The van der Waals surface area contributed by atoms with Gasteiger partial charge in [-0.3, -0.25) is 4.79 Å².